The minimum Gasteiger partial charge on any atom is -0.506 e. The molecule has 5 N–H and O–H groups in total. The van der Waals surface area contributed by atoms with Crippen LogP contribution in [0, 0.1) is 0 Å². The number of anilines is 2. The molecule has 0 spiro atoms. The van der Waals surface area contributed by atoms with Gasteiger partial charge in [0.05, 0.1) is 11.9 Å². The summed E-state index contributed by atoms with van der Waals surface area (Å²) >= 11 is 0. The molecule has 10 heteroatoms. The highest BCUT2D eigenvalue weighted by Gasteiger charge is 2.21. The number of amides is 3. The maximum atomic E-state index is 12.4. The van der Waals surface area contributed by atoms with E-state index in [0.29, 0.717) is 31.6 Å². The fourth-order valence-electron chi connectivity index (χ4n) is 3.16. The minimum atomic E-state index is -1.38. The number of carbonyl (C=O) groups excluding carboxylic acids is 2. The molecule has 2 aromatic rings. The molecule has 1 aliphatic rings. The monoisotopic (exact) mass is 426 g/mol. The molecule has 0 atom stereocenters. The highest BCUT2D eigenvalue weighted by molar-refractivity contribution is 5.99. The number of aromatic hydroxyl groups is 2. The van der Waals surface area contributed by atoms with E-state index < -0.39 is 28.9 Å². The van der Waals surface area contributed by atoms with Crippen molar-refractivity contribution in [1.82, 2.24) is 9.88 Å². The predicted octanol–water partition coefficient (Wildman–Crippen LogP) is 2.77. The standard InChI is InChI=1S/C21H22N4O6/c26-16-7-6-15(20(29)30)19(28)18(16)24-17(27)8-5-13-3-2-10-25(12-13)21(31)23-14-4-1-9-22-11-14/h1,3-4,6-7,9,11,26,28H,2,5,8,10,12H2,(H,23,31)(H,24,27)(H,29,30). The number of phenols is 2. The Bertz CT molecular complexity index is 1020. The van der Waals surface area contributed by atoms with Crippen LogP contribution in [0.3, 0.4) is 0 Å². The van der Waals surface area contributed by atoms with Crippen molar-refractivity contribution in [3.8, 4) is 11.5 Å². The van der Waals surface area contributed by atoms with Crippen LogP contribution in [0.15, 0.2) is 48.3 Å². The summed E-state index contributed by atoms with van der Waals surface area (Å²) in [5, 5.41) is 34.0. The van der Waals surface area contributed by atoms with Crippen molar-refractivity contribution in [2.75, 3.05) is 23.7 Å². The lowest BCUT2D eigenvalue weighted by atomic mass is 10.0. The first-order valence-corrected chi connectivity index (χ1v) is 9.57. The normalized spacial score (nSPS) is 13.3. The van der Waals surface area contributed by atoms with Crippen LogP contribution in [0.1, 0.15) is 29.6 Å². The molecule has 3 amide bonds. The largest absolute Gasteiger partial charge is 0.506 e. The molecule has 1 aromatic heterocycles. The zero-order valence-electron chi connectivity index (χ0n) is 16.5. The van der Waals surface area contributed by atoms with Crippen molar-refractivity contribution in [2.45, 2.75) is 19.3 Å². The van der Waals surface area contributed by atoms with E-state index in [1.165, 1.54) is 0 Å². The van der Waals surface area contributed by atoms with E-state index in [0.717, 1.165) is 17.7 Å². The van der Waals surface area contributed by atoms with Gasteiger partial charge in [0.25, 0.3) is 0 Å². The summed E-state index contributed by atoms with van der Waals surface area (Å²) in [6, 6.07) is 5.32. The number of carboxylic acid groups (broad SMARTS) is 1. The smallest absolute Gasteiger partial charge is 0.339 e. The molecule has 0 saturated heterocycles. The molecule has 1 aliphatic heterocycles. The molecule has 1 aromatic carbocycles. The van der Waals surface area contributed by atoms with Crippen molar-refractivity contribution in [2.24, 2.45) is 0 Å². The van der Waals surface area contributed by atoms with E-state index in [9.17, 15) is 24.6 Å². The van der Waals surface area contributed by atoms with Gasteiger partial charge in [0.1, 0.15) is 17.0 Å². The van der Waals surface area contributed by atoms with E-state index in [4.69, 9.17) is 5.11 Å². The predicted molar refractivity (Wildman–Crippen MR) is 112 cm³/mol. The summed E-state index contributed by atoms with van der Waals surface area (Å²) in [4.78, 5) is 41.4. The van der Waals surface area contributed by atoms with E-state index >= 15 is 0 Å². The molecule has 0 bridgehead atoms. The molecule has 0 radical (unpaired) electrons. The number of benzene rings is 1. The SMILES string of the molecule is O=C(CCC1=CCCN(C(=O)Nc2cccnc2)C1)Nc1c(O)ccc(C(=O)O)c1O. The Hall–Kier alpha value is -4.08. The second-order valence-electron chi connectivity index (χ2n) is 6.95. The Morgan fingerprint density at radius 1 is 1.13 bits per heavy atom. The summed E-state index contributed by atoms with van der Waals surface area (Å²) in [6.07, 6.45) is 6.18. The zero-order chi connectivity index (χ0) is 22.4. The van der Waals surface area contributed by atoms with Crippen molar-refractivity contribution in [3.63, 3.8) is 0 Å². The van der Waals surface area contributed by atoms with Gasteiger partial charge >= 0.3 is 12.0 Å². The number of aromatic carboxylic acids is 1. The molecule has 162 valence electrons. The number of pyridine rings is 1. The quantitative estimate of drug-likeness (QED) is 0.352. The Morgan fingerprint density at radius 3 is 2.65 bits per heavy atom. The van der Waals surface area contributed by atoms with Gasteiger partial charge in [-0.2, -0.15) is 0 Å². The third-order valence-electron chi connectivity index (χ3n) is 4.75. The second kappa shape index (κ2) is 9.61. The highest BCUT2D eigenvalue weighted by atomic mass is 16.4. The van der Waals surface area contributed by atoms with Gasteiger partial charge in [0, 0.05) is 25.7 Å². The number of nitrogens with zero attached hydrogens (tertiary/aromatic N) is 2. The van der Waals surface area contributed by atoms with Crippen molar-refractivity contribution in [3.05, 3.63) is 53.9 Å². The summed E-state index contributed by atoms with van der Waals surface area (Å²) in [5.41, 5.74) is 0.708. The number of nitrogens with one attached hydrogen (secondary N) is 2. The number of hydrogen-bond acceptors (Lipinski definition) is 6. The maximum Gasteiger partial charge on any atom is 0.339 e. The number of urea groups is 1. The molecule has 0 saturated carbocycles. The molecule has 0 fully saturated rings. The summed E-state index contributed by atoms with van der Waals surface area (Å²) < 4.78 is 0. The summed E-state index contributed by atoms with van der Waals surface area (Å²) in [5.74, 6) is -3.04. The number of rotatable bonds is 6. The first kappa shape index (κ1) is 21.6. The topological polar surface area (TPSA) is 152 Å². The van der Waals surface area contributed by atoms with Crippen LogP contribution in [0.5, 0.6) is 11.5 Å². The summed E-state index contributed by atoms with van der Waals surface area (Å²) in [6.45, 7) is 0.913. The average Bonchev–Trinajstić information content (AvgIpc) is 2.76. The van der Waals surface area contributed by atoms with Crippen molar-refractivity contribution >= 4 is 29.3 Å². The average molecular weight is 426 g/mol. The van der Waals surface area contributed by atoms with Crippen LogP contribution >= 0.6 is 0 Å². The van der Waals surface area contributed by atoms with Gasteiger partial charge in [-0.1, -0.05) is 11.6 Å². The van der Waals surface area contributed by atoms with Crippen LogP contribution in [0.25, 0.3) is 0 Å². The number of carbonyl (C=O) groups is 3. The first-order chi connectivity index (χ1) is 14.8. The van der Waals surface area contributed by atoms with E-state index in [-0.39, 0.29) is 18.1 Å². The molecule has 31 heavy (non-hydrogen) atoms. The molecule has 10 nitrogen and oxygen atoms in total. The third kappa shape index (κ3) is 5.50. The fourth-order valence-corrected chi connectivity index (χ4v) is 3.16. The Labute approximate surface area is 177 Å². The Kier molecular flexibility index (Phi) is 6.71. The van der Waals surface area contributed by atoms with Crippen LogP contribution in [-0.4, -0.2) is 56.2 Å². The lowest BCUT2D eigenvalue weighted by Gasteiger charge is -2.27. The minimum absolute atomic E-state index is 0.0279. The number of phenolic OH excluding ortho intramolecular Hbond substituents is 1. The second-order valence-corrected chi connectivity index (χ2v) is 6.95. The number of aromatic nitrogens is 1. The van der Waals surface area contributed by atoms with Gasteiger partial charge in [-0.05, 0) is 37.1 Å². The molecule has 3 rings (SSSR count). The first-order valence-electron chi connectivity index (χ1n) is 9.57. The highest BCUT2D eigenvalue weighted by Crippen LogP contribution is 2.36. The lowest BCUT2D eigenvalue weighted by molar-refractivity contribution is -0.116. The number of carboxylic acids is 1. The molecule has 0 aliphatic carbocycles. The maximum absolute atomic E-state index is 12.4. The molecule has 0 unspecified atom stereocenters. The van der Waals surface area contributed by atoms with Crippen LogP contribution in [0.2, 0.25) is 0 Å². The van der Waals surface area contributed by atoms with Crippen LogP contribution in [-0.2, 0) is 4.79 Å². The summed E-state index contributed by atoms with van der Waals surface area (Å²) in [7, 11) is 0. The molecule has 2 heterocycles. The fraction of sp³-hybridized carbons (Fsp3) is 0.238. The van der Waals surface area contributed by atoms with Gasteiger partial charge in [-0.25, -0.2) is 9.59 Å². The lowest BCUT2D eigenvalue weighted by Crippen LogP contribution is -2.39. The third-order valence-corrected chi connectivity index (χ3v) is 4.75. The van der Waals surface area contributed by atoms with Crippen molar-refractivity contribution in [1.29, 1.82) is 0 Å². The van der Waals surface area contributed by atoms with Crippen LogP contribution in [0.4, 0.5) is 16.2 Å². The van der Waals surface area contributed by atoms with Gasteiger partial charge in [-0.3, -0.25) is 9.78 Å². The van der Waals surface area contributed by atoms with Gasteiger partial charge < -0.3 is 30.9 Å². The number of hydrogen-bond donors (Lipinski definition) is 5. The van der Waals surface area contributed by atoms with E-state index in [1.807, 2.05) is 6.08 Å². The van der Waals surface area contributed by atoms with Gasteiger partial charge in [0.15, 0.2) is 5.75 Å². The molecular formula is C21H22N4O6. The van der Waals surface area contributed by atoms with Gasteiger partial charge in [-0.15, -0.1) is 0 Å². The van der Waals surface area contributed by atoms with E-state index in [2.05, 4.69) is 15.6 Å². The molecular weight excluding hydrogens is 404 g/mol. The van der Waals surface area contributed by atoms with Crippen LogP contribution < -0.4 is 10.6 Å². The Balaban J connectivity index is 1.55. The zero-order valence-corrected chi connectivity index (χ0v) is 16.5. The Morgan fingerprint density at radius 2 is 1.94 bits per heavy atom. The van der Waals surface area contributed by atoms with Gasteiger partial charge in [0.2, 0.25) is 5.91 Å². The van der Waals surface area contributed by atoms with Crippen molar-refractivity contribution < 1.29 is 29.7 Å². The van der Waals surface area contributed by atoms with E-state index in [1.54, 1.807) is 29.4 Å².